The van der Waals surface area contributed by atoms with Crippen molar-refractivity contribution in [3.8, 4) is 0 Å². The van der Waals surface area contributed by atoms with Crippen molar-refractivity contribution in [3.05, 3.63) is 29.3 Å². The van der Waals surface area contributed by atoms with Gasteiger partial charge in [-0.1, -0.05) is 12.1 Å². The second-order valence-electron chi connectivity index (χ2n) is 7.64. The number of aromatic nitrogens is 1. The fourth-order valence-corrected chi connectivity index (χ4v) is 5.03. The Labute approximate surface area is 165 Å². The largest absolute Gasteiger partial charge is 0.379 e. The smallest absolute Gasteiger partial charge is 0.222 e. The van der Waals surface area contributed by atoms with Gasteiger partial charge in [0.15, 0.2) is 0 Å². The predicted molar refractivity (Wildman–Crippen MR) is 109 cm³/mol. The number of amides is 1. The molecule has 27 heavy (non-hydrogen) atoms. The molecule has 2 aliphatic heterocycles. The average molecular weight is 388 g/mol. The number of benzene rings is 1. The molecule has 2 saturated heterocycles. The van der Waals surface area contributed by atoms with E-state index < -0.39 is 0 Å². The fraction of sp³-hybridized carbons (Fsp3) is 0.619. The monoisotopic (exact) mass is 387 g/mol. The highest BCUT2D eigenvalue weighted by molar-refractivity contribution is 7.18. The Bertz CT molecular complexity index is 716. The fourth-order valence-electron chi connectivity index (χ4n) is 4.06. The molecule has 1 aromatic carbocycles. The number of rotatable bonds is 6. The van der Waals surface area contributed by atoms with E-state index in [1.165, 1.54) is 17.7 Å². The lowest BCUT2D eigenvalue weighted by molar-refractivity contribution is -0.132. The van der Waals surface area contributed by atoms with Gasteiger partial charge in [-0.15, -0.1) is 11.3 Å². The Morgan fingerprint density at radius 1 is 1.15 bits per heavy atom. The zero-order valence-electron chi connectivity index (χ0n) is 15.9. The summed E-state index contributed by atoms with van der Waals surface area (Å²) in [4.78, 5) is 21.8. The number of aryl methyl sites for hydroxylation is 1. The van der Waals surface area contributed by atoms with Gasteiger partial charge in [0, 0.05) is 39.0 Å². The molecule has 0 unspecified atom stereocenters. The van der Waals surface area contributed by atoms with E-state index in [4.69, 9.17) is 4.74 Å². The molecule has 0 N–H and O–H groups in total. The molecule has 1 aromatic heterocycles. The summed E-state index contributed by atoms with van der Waals surface area (Å²) in [6.07, 6.45) is 4.90. The lowest BCUT2D eigenvalue weighted by atomic mass is 9.93. The Morgan fingerprint density at radius 2 is 1.93 bits per heavy atom. The molecule has 0 bridgehead atoms. The first kappa shape index (κ1) is 18.8. The molecule has 5 nitrogen and oxygen atoms in total. The van der Waals surface area contributed by atoms with Crippen LogP contribution in [0.3, 0.4) is 0 Å². The Kier molecular flexibility index (Phi) is 6.37. The molecular weight excluding hydrogens is 358 g/mol. The van der Waals surface area contributed by atoms with Gasteiger partial charge in [-0.3, -0.25) is 9.69 Å². The van der Waals surface area contributed by atoms with Gasteiger partial charge < -0.3 is 9.64 Å². The van der Waals surface area contributed by atoms with E-state index in [1.54, 1.807) is 11.3 Å². The topological polar surface area (TPSA) is 45.7 Å². The third kappa shape index (κ3) is 5.06. The summed E-state index contributed by atoms with van der Waals surface area (Å²) in [6, 6.07) is 8.19. The van der Waals surface area contributed by atoms with Gasteiger partial charge in [-0.25, -0.2) is 4.98 Å². The number of carbonyl (C=O) groups excluding carboxylic acids is 1. The van der Waals surface area contributed by atoms with Crippen LogP contribution in [-0.4, -0.2) is 66.6 Å². The van der Waals surface area contributed by atoms with Gasteiger partial charge >= 0.3 is 0 Å². The zero-order chi connectivity index (χ0) is 18.5. The predicted octanol–water partition coefficient (Wildman–Crippen LogP) is 3.19. The van der Waals surface area contributed by atoms with Crippen molar-refractivity contribution in [1.29, 1.82) is 0 Å². The molecule has 0 atom stereocenters. The summed E-state index contributed by atoms with van der Waals surface area (Å²) >= 11 is 1.71. The number of likely N-dealkylation sites (tertiary alicyclic amines) is 1. The highest BCUT2D eigenvalue weighted by Gasteiger charge is 2.23. The first-order valence-corrected chi connectivity index (χ1v) is 11.0. The van der Waals surface area contributed by atoms with E-state index in [0.29, 0.717) is 12.3 Å². The SMILES string of the molecule is O=C(CCc1nc2ccccc2s1)N1CCC(CCN2CCOCC2)CC1. The Morgan fingerprint density at radius 3 is 2.70 bits per heavy atom. The molecule has 2 aliphatic rings. The number of thiazole rings is 1. The van der Waals surface area contributed by atoms with E-state index in [9.17, 15) is 4.79 Å². The van der Waals surface area contributed by atoms with Crippen molar-refractivity contribution >= 4 is 27.5 Å². The molecule has 3 heterocycles. The van der Waals surface area contributed by atoms with Crippen molar-refractivity contribution in [2.24, 2.45) is 5.92 Å². The first-order chi connectivity index (χ1) is 13.3. The summed E-state index contributed by atoms with van der Waals surface area (Å²) in [5, 5.41) is 1.07. The van der Waals surface area contributed by atoms with Gasteiger partial charge in [0.1, 0.15) is 0 Å². The van der Waals surface area contributed by atoms with Crippen LogP contribution in [-0.2, 0) is 16.0 Å². The molecule has 0 spiro atoms. The molecular formula is C21H29N3O2S. The van der Waals surface area contributed by atoms with Crippen molar-refractivity contribution in [3.63, 3.8) is 0 Å². The van der Waals surface area contributed by atoms with Crippen LogP contribution in [0.4, 0.5) is 0 Å². The van der Waals surface area contributed by atoms with Crippen LogP contribution in [0.1, 0.15) is 30.7 Å². The molecule has 4 rings (SSSR count). The zero-order valence-corrected chi connectivity index (χ0v) is 16.8. The molecule has 6 heteroatoms. The number of hydrogen-bond acceptors (Lipinski definition) is 5. The summed E-state index contributed by atoms with van der Waals surface area (Å²) in [6.45, 7) is 6.92. The summed E-state index contributed by atoms with van der Waals surface area (Å²) < 4.78 is 6.62. The lowest BCUT2D eigenvalue weighted by Crippen LogP contribution is -2.40. The number of para-hydroxylation sites is 1. The number of carbonyl (C=O) groups is 1. The van der Waals surface area contributed by atoms with E-state index in [2.05, 4.69) is 20.9 Å². The molecule has 0 saturated carbocycles. The van der Waals surface area contributed by atoms with Crippen molar-refractivity contribution in [2.75, 3.05) is 45.9 Å². The minimum absolute atomic E-state index is 0.292. The quantitative estimate of drug-likeness (QED) is 0.764. The van der Waals surface area contributed by atoms with Crippen LogP contribution in [0.5, 0.6) is 0 Å². The highest BCUT2D eigenvalue weighted by Crippen LogP contribution is 2.24. The average Bonchev–Trinajstić information content (AvgIpc) is 3.15. The van der Waals surface area contributed by atoms with E-state index in [1.807, 2.05) is 18.2 Å². The number of nitrogens with zero attached hydrogens (tertiary/aromatic N) is 3. The second-order valence-corrected chi connectivity index (χ2v) is 8.76. The maximum Gasteiger partial charge on any atom is 0.222 e. The van der Waals surface area contributed by atoms with E-state index in [-0.39, 0.29) is 0 Å². The van der Waals surface area contributed by atoms with Crippen molar-refractivity contribution < 1.29 is 9.53 Å². The summed E-state index contributed by atoms with van der Waals surface area (Å²) in [5.74, 6) is 1.06. The lowest BCUT2D eigenvalue weighted by Gasteiger charge is -2.34. The number of morpholine rings is 1. The molecule has 2 fully saturated rings. The third-order valence-electron chi connectivity index (χ3n) is 5.82. The minimum atomic E-state index is 0.292. The van der Waals surface area contributed by atoms with Crippen molar-refractivity contribution in [1.82, 2.24) is 14.8 Å². The molecule has 0 aliphatic carbocycles. The number of fused-ring (bicyclic) bond motifs is 1. The summed E-state index contributed by atoms with van der Waals surface area (Å²) in [5.41, 5.74) is 1.05. The normalized spacial score (nSPS) is 19.6. The van der Waals surface area contributed by atoms with Crippen LogP contribution in [0, 0.1) is 5.92 Å². The second kappa shape index (κ2) is 9.13. The van der Waals surface area contributed by atoms with Crippen LogP contribution in [0.2, 0.25) is 0 Å². The number of piperidine rings is 1. The van der Waals surface area contributed by atoms with E-state index in [0.717, 1.165) is 75.1 Å². The summed E-state index contributed by atoms with van der Waals surface area (Å²) in [7, 11) is 0. The third-order valence-corrected chi connectivity index (χ3v) is 6.91. The van der Waals surface area contributed by atoms with E-state index >= 15 is 0 Å². The van der Waals surface area contributed by atoms with Crippen LogP contribution < -0.4 is 0 Å². The molecule has 1 amide bonds. The molecule has 146 valence electrons. The molecule has 0 radical (unpaired) electrons. The Balaban J connectivity index is 1.18. The van der Waals surface area contributed by atoms with Gasteiger partial charge in [-0.2, -0.15) is 0 Å². The Hall–Kier alpha value is -1.50. The number of hydrogen-bond donors (Lipinski definition) is 0. The number of ether oxygens (including phenoxy) is 1. The highest BCUT2D eigenvalue weighted by atomic mass is 32.1. The van der Waals surface area contributed by atoms with Gasteiger partial charge in [0.2, 0.25) is 5.91 Å². The van der Waals surface area contributed by atoms with Gasteiger partial charge in [0.05, 0.1) is 28.4 Å². The maximum absolute atomic E-state index is 12.6. The van der Waals surface area contributed by atoms with Crippen LogP contribution in [0.25, 0.3) is 10.2 Å². The van der Waals surface area contributed by atoms with Crippen LogP contribution >= 0.6 is 11.3 Å². The van der Waals surface area contributed by atoms with Gasteiger partial charge in [0.25, 0.3) is 0 Å². The van der Waals surface area contributed by atoms with Crippen molar-refractivity contribution in [2.45, 2.75) is 32.1 Å². The van der Waals surface area contributed by atoms with Crippen LogP contribution in [0.15, 0.2) is 24.3 Å². The first-order valence-electron chi connectivity index (χ1n) is 10.2. The maximum atomic E-state index is 12.6. The molecule has 2 aromatic rings. The van der Waals surface area contributed by atoms with Gasteiger partial charge in [-0.05, 0) is 43.9 Å². The minimum Gasteiger partial charge on any atom is -0.379 e. The standard InChI is InChI=1S/C21H29N3O2S/c25-21(6-5-20-22-18-3-1-2-4-19(18)27-20)24-11-8-17(9-12-24)7-10-23-13-15-26-16-14-23/h1-4,17H,5-16H2.